The number of hydrogen-bond acceptors (Lipinski definition) is 6. The minimum absolute atomic E-state index is 0.0866. The molecule has 1 aliphatic heterocycles. The normalized spacial score (nSPS) is 19.9. The van der Waals surface area contributed by atoms with Crippen LogP contribution >= 0.6 is 11.8 Å². The third kappa shape index (κ3) is 3.34. The Kier molecular flexibility index (Phi) is 5.46. The van der Waals surface area contributed by atoms with Crippen LogP contribution in [-0.4, -0.2) is 24.7 Å². The highest BCUT2D eigenvalue weighted by Gasteiger charge is 2.40. The predicted octanol–water partition coefficient (Wildman–Crippen LogP) is 1.00. The van der Waals surface area contributed by atoms with Crippen molar-refractivity contribution in [3.8, 4) is 17.9 Å². The summed E-state index contributed by atoms with van der Waals surface area (Å²) in [5, 5.41) is 21.8. The van der Waals surface area contributed by atoms with E-state index in [4.69, 9.17) is 10.5 Å². The van der Waals surface area contributed by atoms with Crippen molar-refractivity contribution in [2.24, 2.45) is 11.7 Å². The van der Waals surface area contributed by atoms with E-state index in [1.807, 2.05) is 12.1 Å². The summed E-state index contributed by atoms with van der Waals surface area (Å²) in [6.45, 7) is 0. The van der Waals surface area contributed by atoms with Gasteiger partial charge in [-0.3, -0.25) is 9.59 Å². The van der Waals surface area contributed by atoms with E-state index in [0.717, 1.165) is 11.8 Å². The lowest BCUT2D eigenvalue weighted by atomic mass is 9.79. The molecular formula is C16H14N4O3S. The molecule has 1 heterocycles. The van der Waals surface area contributed by atoms with Gasteiger partial charge in [-0.2, -0.15) is 10.5 Å². The van der Waals surface area contributed by atoms with Crippen LogP contribution in [0.4, 0.5) is 0 Å². The van der Waals surface area contributed by atoms with E-state index in [0.29, 0.717) is 11.3 Å². The molecule has 2 amide bonds. The van der Waals surface area contributed by atoms with E-state index in [1.54, 1.807) is 24.3 Å². The van der Waals surface area contributed by atoms with E-state index >= 15 is 0 Å². The Morgan fingerprint density at radius 2 is 2.12 bits per heavy atom. The number of amides is 2. The molecular weight excluding hydrogens is 328 g/mol. The van der Waals surface area contributed by atoms with Crippen LogP contribution in [0, 0.1) is 28.6 Å². The number of thioether (sulfide) groups is 1. The van der Waals surface area contributed by atoms with Crippen LogP contribution in [0.1, 0.15) is 11.5 Å². The van der Waals surface area contributed by atoms with Crippen LogP contribution < -0.4 is 15.8 Å². The van der Waals surface area contributed by atoms with Crippen molar-refractivity contribution in [2.75, 3.05) is 12.9 Å². The lowest BCUT2D eigenvalue weighted by Gasteiger charge is -2.29. The average Bonchev–Trinajstić information content (AvgIpc) is 2.59. The smallest absolute Gasteiger partial charge is 0.243 e. The van der Waals surface area contributed by atoms with Crippen molar-refractivity contribution in [2.45, 2.75) is 5.92 Å². The molecule has 0 spiro atoms. The Balaban J connectivity index is 2.60. The Labute approximate surface area is 143 Å². The fourth-order valence-electron chi connectivity index (χ4n) is 2.49. The van der Waals surface area contributed by atoms with Gasteiger partial charge in [0.05, 0.1) is 41.5 Å². The highest BCUT2D eigenvalue weighted by Crippen LogP contribution is 2.42. The molecule has 1 aromatic carbocycles. The number of nitrogens with one attached hydrogen (secondary N) is 1. The second-order valence-electron chi connectivity index (χ2n) is 4.93. The Hall–Kier alpha value is -2.97. The van der Waals surface area contributed by atoms with Gasteiger partial charge in [0.1, 0.15) is 11.7 Å². The van der Waals surface area contributed by atoms with Crippen LogP contribution in [0.2, 0.25) is 0 Å². The number of methoxy groups -OCH3 is 1. The first-order valence-corrected chi connectivity index (χ1v) is 7.90. The fourth-order valence-corrected chi connectivity index (χ4v) is 3.27. The second-order valence-corrected chi connectivity index (χ2v) is 5.91. The standard InChI is InChI=1S/C16H14N4O3S/c1-23-12-5-3-2-4-9(12)14-10(6-17)15(22)20-16(11(14)7-18)24-8-13(19)21/h2-5,10,14H,8H2,1H3,(H2,19,21)(H,20,22). The molecule has 2 rings (SSSR count). The Bertz CT molecular complexity index is 791. The van der Waals surface area contributed by atoms with Gasteiger partial charge in [-0.1, -0.05) is 30.0 Å². The maximum Gasteiger partial charge on any atom is 0.243 e. The Morgan fingerprint density at radius 1 is 1.42 bits per heavy atom. The minimum atomic E-state index is -1.08. The van der Waals surface area contributed by atoms with Crippen LogP contribution in [0.15, 0.2) is 34.9 Å². The molecule has 0 bridgehead atoms. The molecule has 0 saturated carbocycles. The first-order chi connectivity index (χ1) is 11.5. The van der Waals surface area contributed by atoms with Gasteiger partial charge < -0.3 is 15.8 Å². The van der Waals surface area contributed by atoms with E-state index in [-0.39, 0.29) is 16.4 Å². The summed E-state index contributed by atoms with van der Waals surface area (Å²) in [6.07, 6.45) is 0. The van der Waals surface area contributed by atoms with E-state index < -0.39 is 23.7 Å². The molecule has 0 saturated heterocycles. The molecule has 1 aliphatic rings. The molecule has 8 heteroatoms. The number of nitrogens with zero attached hydrogens (tertiary/aromatic N) is 2. The summed E-state index contributed by atoms with van der Waals surface area (Å²) in [4.78, 5) is 23.3. The molecule has 2 unspecified atom stereocenters. The van der Waals surface area contributed by atoms with Crippen molar-refractivity contribution in [1.82, 2.24) is 5.32 Å². The molecule has 2 atom stereocenters. The number of rotatable bonds is 5. The van der Waals surface area contributed by atoms with Crippen LogP contribution in [0.3, 0.4) is 0 Å². The summed E-state index contributed by atoms with van der Waals surface area (Å²) < 4.78 is 5.30. The molecule has 0 fully saturated rings. The predicted molar refractivity (Wildman–Crippen MR) is 87.3 cm³/mol. The maximum atomic E-state index is 12.3. The average molecular weight is 342 g/mol. The molecule has 122 valence electrons. The van der Waals surface area contributed by atoms with Gasteiger partial charge in [0.25, 0.3) is 0 Å². The van der Waals surface area contributed by atoms with Crippen molar-refractivity contribution in [3.05, 3.63) is 40.4 Å². The number of nitrogens with two attached hydrogens (primary N) is 1. The van der Waals surface area contributed by atoms with Crippen LogP contribution in [0.5, 0.6) is 5.75 Å². The molecule has 0 radical (unpaired) electrons. The van der Waals surface area contributed by atoms with Gasteiger partial charge in [0.15, 0.2) is 0 Å². The zero-order valence-electron chi connectivity index (χ0n) is 12.8. The molecule has 3 N–H and O–H groups in total. The van der Waals surface area contributed by atoms with E-state index in [2.05, 4.69) is 5.32 Å². The van der Waals surface area contributed by atoms with E-state index in [9.17, 15) is 20.1 Å². The van der Waals surface area contributed by atoms with Gasteiger partial charge in [-0.25, -0.2) is 0 Å². The lowest BCUT2D eigenvalue weighted by Crippen LogP contribution is -2.39. The van der Waals surface area contributed by atoms with Gasteiger partial charge in [0, 0.05) is 5.56 Å². The van der Waals surface area contributed by atoms with Crippen molar-refractivity contribution in [1.29, 1.82) is 10.5 Å². The van der Waals surface area contributed by atoms with Gasteiger partial charge >= 0.3 is 0 Å². The highest BCUT2D eigenvalue weighted by molar-refractivity contribution is 8.03. The van der Waals surface area contributed by atoms with Crippen molar-refractivity contribution < 1.29 is 14.3 Å². The first-order valence-electron chi connectivity index (χ1n) is 6.92. The zero-order chi connectivity index (χ0) is 17.7. The number of primary amides is 1. The monoisotopic (exact) mass is 342 g/mol. The van der Waals surface area contributed by atoms with Crippen molar-refractivity contribution >= 4 is 23.6 Å². The number of carbonyl (C=O) groups is 2. The SMILES string of the molecule is COc1ccccc1C1C(C#N)=C(SCC(N)=O)NC(=O)C1C#N. The van der Waals surface area contributed by atoms with E-state index in [1.165, 1.54) is 7.11 Å². The summed E-state index contributed by atoms with van der Waals surface area (Å²) >= 11 is 0.967. The minimum Gasteiger partial charge on any atom is -0.496 e. The van der Waals surface area contributed by atoms with Crippen molar-refractivity contribution in [3.63, 3.8) is 0 Å². The van der Waals surface area contributed by atoms with Gasteiger partial charge in [-0.15, -0.1) is 0 Å². The number of carbonyl (C=O) groups excluding carboxylic acids is 2. The summed E-state index contributed by atoms with van der Waals surface area (Å²) in [7, 11) is 1.47. The third-order valence-corrected chi connectivity index (χ3v) is 4.54. The van der Waals surface area contributed by atoms with Gasteiger partial charge in [0.2, 0.25) is 11.8 Å². The number of allylic oxidation sites excluding steroid dienone is 1. The second kappa shape index (κ2) is 7.53. The fraction of sp³-hybridized carbons (Fsp3) is 0.250. The number of benzene rings is 1. The molecule has 1 aromatic rings. The summed E-state index contributed by atoms with van der Waals surface area (Å²) in [6, 6.07) is 10.9. The number of hydrogen-bond donors (Lipinski definition) is 2. The summed E-state index contributed by atoms with van der Waals surface area (Å²) in [5.41, 5.74) is 5.90. The molecule has 7 nitrogen and oxygen atoms in total. The highest BCUT2D eigenvalue weighted by atomic mass is 32.2. The molecule has 24 heavy (non-hydrogen) atoms. The number of ether oxygens (including phenoxy) is 1. The molecule has 0 aliphatic carbocycles. The number of nitriles is 2. The topological polar surface area (TPSA) is 129 Å². The number of para-hydroxylation sites is 1. The third-order valence-electron chi connectivity index (χ3n) is 3.50. The maximum absolute atomic E-state index is 12.3. The van der Waals surface area contributed by atoms with Crippen LogP contribution in [0.25, 0.3) is 0 Å². The lowest BCUT2D eigenvalue weighted by molar-refractivity contribution is -0.123. The zero-order valence-corrected chi connectivity index (χ0v) is 13.6. The van der Waals surface area contributed by atoms with Gasteiger partial charge in [-0.05, 0) is 6.07 Å². The van der Waals surface area contributed by atoms with Crippen LogP contribution in [-0.2, 0) is 9.59 Å². The molecule has 0 aromatic heterocycles. The largest absolute Gasteiger partial charge is 0.496 e. The Morgan fingerprint density at radius 3 is 2.71 bits per heavy atom. The first kappa shape index (κ1) is 17.4. The summed E-state index contributed by atoms with van der Waals surface area (Å²) in [5.74, 6) is -2.57. The quantitative estimate of drug-likeness (QED) is 0.821.